The van der Waals surface area contributed by atoms with Crippen molar-refractivity contribution in [3.63, 3.8) is 0 Å². The Hall–Kier alpha value is -1.97. The Labute approximate surface area is 215 Å². The van der Waals surface area contributed by atoms with E-state index in [4.69, 9.17) is 9.72 Å². The van der Waals surface area contributed by atoms with Gasteiger partial charge in [0.05, 0.1) is 18.6 Å². The van der Waals surface area contributed by atoms with Crippen LogP contribution in [0, 0.1) is 5.92 Å². The molecular formula is C27H44N6O3. The second-order valence-electron chi connectivity index (χ2n) is 11.0. The molecule has 0 amide bonds. The van der Waals surface area contributed by atoms with Crippen LogP contribution in [0.4, 0.5) is 11.8 Å². The normalized spacial score (nSPS) is 29.0. The number of carbonyl (C=O) groups excluding carboxylic acids is 1. The number of likely N-dealkylation sites (tertiary alicyclic amines) is 1. The van der Waals surface area contributed by atoms with Crippen molar-refractivity contribution in [2.45, 2.75) is 88.9 Å². The Balaban J connectivity index is 1.10. The first-order valence-electron chi connectivity index (χ1n) is 14.3. The summed E-state index contributed by atoms with van der Waals surface area (Å²) in [5.74, 6) is 1.87. The summed E-state index contributed by atoms with van der Waals surface area (Å²) in [5.41, 5.74) is 0. The van der Waals surface area contributed by atoms with Gasteiger partial charge in [0, 0.05) is 50.5 Å². The van der Waals surface area contributed by atoms with Crippen LogP contribution in [0.1, 0.15) is 64.7 Å². The van der Waals surface area contributed by atoms with Crippen molar-refractivity contribution in [3.8, 4) is 0 Å². The maximum Gasteiger partial charge on any atom is 0.309 e. The van der Waals surface area contributed by atoms with Crippen LogP contribution in [0.5, 0.6) is 0 Å². The molecule has 3 aliphatic heterocycles. The number of hydrogen-bond donors (Lipinski definition) is 2. The largest absolute Gasteiger partial charge is 0.466 e. The Morgan fingerprint density at radius 1 is 1.00 bits per heavy atom. The Bertz CT molecular complexity index is 850. The van der Waals surface area contributed by atoms with Crippen molar-refractivity contribution in [3.05, 3.63) is 12.3 Å². The molecule has 4 aliphatic rings. The van der Waals surface area contributed by atoms with Gasteiger partial charge in [0.15, 0.2) is 0 Å². The smallest absolute Gasteiger partial charge is 0.309 e. The van der Waals surface area contributed by atoms with E-state index in [0.717, 1.165) is 96.0 Å². The summed E-state index contributed by atoms with van der Waals surface area (Å²) in [4.78, 5) is 28.6. The number of aromatic nitrogens is 2. The van der Waals surface area contributed by atoms with Crippen LogP contribution < -0.4 is 15.1 Å². The van der Waals surface area contributed by atoms with Gasteiger partial charge in [0.25, 0.3) is 0 Å². The molecule has 4 fully saturated rings. The third kappa shape index (κ3) is 5.94. The fraction of sp³-hybridized carbons (Fsp3) is 0.815. The number of nitrogens with zero attached hydrogens (tertiary/aromatic N) is 5. The molecule has 1 aromatic heterocycles. The second kappa shape index (κ2) is 12.0. The van der Waals surface area contributed by atoms with Crippen molar-refractivity contribution in [2.24, 2.45) is 5.92 Å². The number of anilines is 2. The summed E-state index contributed by atoms with van der Waals surface area (Å²) in [6.45, 7) is 8.12. The van der Waals surface area contributed by atoms with Crippen molar-refractivity contribution < 1.29 is 14.6 Å². The second-order valence-corrected chi connectivity index (χ2v) is 11.0. The third-order valence-electron chi connectivity index (χ3n) is 8.73. The highest BCUT2D eigenvalue weighted by atomic mass is 16.5. The molecule has 2 N–H and O–H groups in total. The van der Waals surface area contributed by atoms with Crippen LogP contribution in [0.2, 0.25) is 0 Å². The molecule has 9 heteroatoms. The lowest BCUT2D eigenvalue weighted by molar-refractivity contribution is -0.150. The molecule has 5 rings (SSSR count). The molecule has 0 bridgehead atoms. The summed E-state index contributed by atoms with van der Waals surface area (Å²) in [5, 5.41) is 15.1. The van der Waals surface area contributed by atoms with Crippen LogP contribution in [0.15, 0.2) is 12.3 Å². The lowest BCUT2D eigenvalue weighted by Crippen LogP contribution is -2.59. The number of aliphatic hydroxyl groups excluding tert-OH is 1. The first-order chi connectivity index (χ1) is 17.6. The molecule has 9 nitrogen and oxygen atoms in total. The Kier molecular flexibility index (Phi) is 8.59. The Morgan fingerprint density at radius 3 is 2.47 bits per heavy atom. The standard InChI is InChI=1S/C27H44N6O3/c1-2-36-26(35)20-9-16-31(17-10-20)23-7-5-6-22(25(23)34)29-21-11-18-32(19-12-21)24-8-13-28-27(30-24)33-14-3-4-15-33/h8,13,20-23,25,29,34H,2-7,9-12,14-19H2,1H3. The van der Waals surface area contributed by atoms with Crippen molar-refractivity contribution in [1.82, 2.24) is 20.2 Å². The van der Waals surface area contributed by atoms with Gasteiger partial charge in [0.1, 0.15) is 5.82 Å². The molecule has 4 heterocycles. The molecular weight excluding hydrogens is 456 g/mol. The average Bonchev–Trinajstić information content (AvgIpc) is 3.46. The summed E-state index contributed by atoms with van der Waals surface area (Å²) >= 11 is 0. The van der Waals surface area contributed by atoms with Crippen LogP contribution in [0.3, 0.4) is 0 Å². The maximum absolute atomic E-state index is 12.1. The Morgan fingerprint density at radius 2 is 1.75 bits per heavy atom. The zero-order valence-electron chi connectivity index (χ0n) is 21.9. The molecule has 3 saturated heterocycles. The number of aliphatic hydroxyl groups is 1. The molecule has 1 aliphatic carbocycles. The van der Waals surface area contributed by atoms with E-state index in [1.807, 2.05) is 19.2 Å². The number of piperidine rings is 2. The summed E-state index contributed by atoms with van der Waals surface area (Å²) in [6.07, 6.45) is 11.0. The molecule has 3 atom stereocenters. The van der Waals surface area contributed by atoms with E-state index < -0.39 is 0 Å². The van der Waals surface area contributed by atoms with Crippen molar-refractivity contribution >= 4 is 17.7 Å². The van der Waals surface area contributed by atoms with Crippen LogP contribution in [-0.2, 0) is 9.53 Å². The molecule has 0 spiro atoms. The highest BCUT2D eigenvalue weighted by Gasteiger charge is 2.39. The highest BCUT2D eigenvalue weighted by molar-refractivity contribution is 5.72. The quantitative estimate of drug-likeness (QED) is 0.547. The zero-order chi connectivity index (χ0) is 24.9. The average molecular weight is 501 g/mol. The van der Waals surface area contributed by atoms with E-state index in [1.165, 1.54) is 12.8 Å². The monoisotopic (exact) mass is 500 g/mol. The van der Waals surface area contributed by atoms with Gasteiger partial charge in [-0.1, -0.05) is 6.42 Å². The molecule has 1 aromatic rings. The minimum Gasteiger partial charge on any atom is -0.466 e. The first-order valence-corrected chi connectivity index (χ1v) is 14.3. The maximum atomic E-state index is 12.1. The molecule has 200 valence electrons. The fourth-order valence-electron chi connectivity index (χ4n) is 6.63. The molecule has 0 aromatic carbocycles. The van der Waals surface area contributed by atoms with Gasteiger partial charge in [-0.05, 0) is 77.4 Å². The lowest BCUT2D eigenvalue weighted by Gasteiger charge is -2.45. The summed E-state index contributed by atoms with van der Waals surface area (Å²) in [6, 6.07) is 2.79. The van der Waals surface area contributed by atoms with Crippen LogP contribution >= 0.6 is 0 Å². The predicted octanol–water partition coefficient (Wildman–Crippen LogP) is 2.19. The lowest BCUT2D eigenvalue weighted by atomic mass is 9.84. The van der Waals surface area contributed by atoms with E-state index in [1.54, 1.807) is 0 Å². The van der Waals surface area contributed by atoms with Crippen molar-refractivity contribution in [2.75, 3.05) is 55.7 Å². The van der Waals surface area contributed by atoms with Gasteiger partial charge in [-0.2, -0.15) is 4.98 Å². The van der Waals surface area contributed by atoms with Gasteiger partial charge >= 0.3 is 5.97 Å². The van der Waals surface area contributed by atoms with Gasteiger partial charge in [-0.3, -0.25) is 9.69 Å². The van der Waals surface area contributed by atoms with Crippen LogP contribution in [-0.4, -0.2) is 96.0 Å². The number of rotatable bonds is 7. The first kappa shape index (κ1) is 25.7. The summed E-state index contributed by atoms with van der Waals surface area (Å²) < 4.78 is 5.22. The van der Waals surface area contributed by atoms with E-state index in [9.17, 15) is 9.90 Å². The number of esters is 1. The number of ether oxygens (including phenoxy) is 1. The number of hydrogen-bond acceptors (Lipinski definition) is 9. The van der Waals surface area contributed by atoms with Crippen molar-refractivity contribution in [1.29, 1.82) is 0 Å². The SMILES string of the molecule is CCOC(=O)C1CCN(C2CCCC(NC3CCN(c4ccnc(N5CCCC5)n4)CC3)C2O)CC1. The van der Waals surface area contributed by atoms with Crippen LogP contribution in [0.25, 0.3) is 0 Å². The van der Waals surface area contributed by atoms with Gasteiger partial charge < -0.3 is 25.0 Å². The van der Waals surface area contributed by atoms with E-state index in [2.05, 4.69) is 25.0 Å². The topological polar surface area (TPSA) is 94.1 Å². The number of nitrogens with one attached hydrogen (secondary N) is 1. The third-order valence-corrected chi connectivity index (χ3v) is 8.73. The molecule has 3 unspecified atom stereocenters. The van der Waals surface area contributed by atoms with E-state index in [-0.39, 0.29) is 30.1 Å². The van der Waals surface area contributed by atoms with Gasteiger partial charge in [-0.15, -0.1) is 0 Å². The highest BCUT2D eigenvalue weighted by Crippen LogP contribution is 2.30. The molecule has 1 saturated carbocycles. The fourth-order valence-corrected chi connectivity index (χ4v) is 6.63. The van der Waals surface area contributed by atoms with Gasteiger partial charge in [-0.25, -0.2) is 4.98 Å². The number of carbonyl (C=O) groups is 1. The minimum atomic E-state index is -0.360. The summed E-state index contributed by atoms with van der Waals surface area (Å²) in [7, 11) is 0. The van der Waals surface area contributed by atoms with Gasteiger partial charge in [0.2, 0.25) is 5.95 Å². The molecule has 36 heavy (non-hydrogen) atoms. The molecule has 0 radical (unpaired) electrons. The predicted molar refractivity (Wildman–Crippen MR) is 140 cm³/mol. The van der Waals surface area contributed by atoms with E-state index >= 15 is 0 Å². The minimum absolute atomic E-state index is 0.0161. The van der Waals surface area contributed by atoms with E-state index in [0.29, 0.717) is 12.6 Å². The zero-order valence-corrected chi connectivity index (χ0v) is 21.9.